The zero-order chi connectivity index (χ0) is 13.8. The van der Waals surface area contributed by atoms with E-state index in [1.54, 1.807) is 0 Å². The molecule has 0 radical (unpaired) electrons. The minimum atomic E-state index is 1.11. The second-order valence-corrected chi connectivity index (χ2v) is 4.89. The van der Waals surface area contributed by atoms with E-state index in [4.69, 9.17) is 0 Å². The summed E-state index contributed by atoms with van der Waals surface area (Å²) >= 11 is 0. The molecule has 0 atom stereocenters. The van der Waals surface area contributed by atoms with Gasteiger partial charge in [0.1, 0.15) is 0 Å². The molecule has 0 aliphatic heterocycles. The van der Waals surface area contributed by atoms with Crippen LogP contribution < -0.4 is 5.32 Å². The van der Waals surface area contributed by atoms with Crippen LogP contribution in [0.25, 0.3) is 11.1 Å². The van der Waals surface area contributed by atoms with Crippen LogP contribution in [0.15, 0.2) is 78.9 Å². The molecule has 0 heterocycles. The van der Waals surface area contributed by atoms with Crippen molar-refractivity contribution in [3.63, 3.8) is 0 Å². The van der Waals surface area contributed by atoms with E-state index in [9.17, 15) is 0 Å². The van der Waals surface area contributed by atoms with Crippen LogP contribution in [0, 0.1) is 6.92 Å². The first kappa shape index (κ1) is 12.5. The quantitative estimate of drug-likeness (QED) is 0.663. The Morgan fingerprint density at radius 3 is 2.15 bits per heavy atom. The Morgan fingerprint density at radius 2 is 1.35 bits per heavy atom. The van der Waals surface area contributed by atoms with Crippen molar-refractivity contribution in [1.29, 1.82) is 0 Å². The van der Waals surface area contributed by atoms with Crippen LogP contribution in [0.1, 0.15) is 5.56 Å². The van der Waals surface area contributed by atoms with Gasteiger partial charge in [-0.2, -0.15) is 0 Å². The van der Waals surface area contributed by atoms with Crippen molar-refractivity contribution in [3.8, 4) is 11.1 Å². The van der Waals surface area contributed by atoms with Gasteiger partial charge < -0.3 is 5.32 Å². The molecule has 0 spiro atoms. The normalized spacial score (nSPS) is 10.2. The molecule has 98 valence electrons. The summed E-state index contributed by atoms with van der Waals surface area (Å²) in [5, 5.41) is 3.43. The molecule has 0 amide bonds. The SMILES string of the molecule is Cc1ccccc1-c1cccc(Nc2ccccc2)c1. The van der Waals surface area contributed by atoms with Crippen LogP contribution in [-0.4, -0.2) is 0 Å². The lowest BCUT2D eigenvalue weighted by Gasteiger charge is -2.10. The topological polar surface area (TPSA) is 12.0 Å². The Kier molecular flexibility index (Phi) is 3.51. The van der Waals surface area contributed by atoms with E-state index in [0.717, 1.165) is 11.4 Å². The van der Waals surface area contributed by atoms with Crippen LogP contribution in [0.3, 0.4) is 0 Å². The van der Waals surface area contributed by atoms with Gasteiger partial charge in [-0.05, 0) is 47.9 Å². The van der Waals surface area contributed by atoms with Crippen LogP contribution in [0.5, 0.6) is 0 Å². The maximum atomic E-state index is 3.43. The van der Waals surface area contributed by atoms with Crippen LogP contribution in [-0.2, 0) is 0 Å². The van der Waals surface area contributed by atoms with Gasteiger partial charge in [0.15, 0.2) is 0 Å². The third kappa shape index (κ3) is 2.72. The molecular formula is C19H17N. The molecule has 0 aliphatic rings. The van der Waals surface area contributed by atoms with Gasteiger partial charge >= 0.3 is 0 Å². The van der Waals surface area contributed by atoms with Crippen LogP contribution in [0.4, 0.5) is 11.4 Å². The van der Waals surface area contributed by atoms with E-state index in [-0.39, 0.29) is 0 Å². The van der Waals surface area contributed by atoms with Gasteiger partial charge in [0.2, 0.25) is 0 Å². The van der Waals surface area contributed by atoms with Crippen molar-refractivity contribution in [2.24, 2.45) is 0 Å². The van der Waals surface area contributed by atoms with E-state index in [2.05, 4.69) is 72.9 Å². The van der Waals surface area contributed by atoms with Crippen molar-refractivity contribution in [3.05, 3.63) is 84.4 Å². The monoisotopic (exact) mass is 259 g/mol. The van der Waals surface area contributed by atoms with Crippen molar-refractivity contribution in [2.75, 3.05) is 5.32 Å². The Balaban J connectivity index is 1.92. The van der Waals surface area contributed by atoms with Gasteiger partial charge in [-0.1, -0.05) is 54.6 Å². The number of anilines is 2. The lowest BCUT2D eigenvalue weighted by molar-refractivity contribution is 1.45. The predicted molar refractivity (Wildman–Crippen MR) is 86.3 cm³/mol. The molecule has 1 heteroatoms. The first-order valence-corrected chi connectivity index (χ1v) is 6.81. The summed E-state index contributed by atoms with van der Waals surface area (Å²) in [5.41, 5.74) is 6.03. The summed E-state index contributed by atoms with van der Waals surface area (Å²) in [5.74, 6) is 0. The molecule has 3 aromatic carbocycles. The molecule has 0 unspecified atom stereocenters. The van der Waals surface area contributed by atoms with Gasteiger partial charge in [-0.25, -0.2) is 0 Å². The largest absolute Gasteiger partial charge is 0.356 e. The number of hydrogen-bond donors (Lipinski definition) is 1. The molecular weight excluding hydrogens is 242 g/mol. The van der Waals surface area contributed by atoms with Crippen molar-refractivity contribution in [1.82, 2.24) is 0 Å². The second kappa shape index (κ2) is 5.62. The standard InChI is InChI=1S/C19H17N/c1-15-8-5-6-13-19(15)16-9-7-12-18(14-16)20-17-10-3-2-4-11-17/h2-14,20H,1H3. The van der Waals surface area contributed by atoms with Gasteiger partial charge in [0.25, 0.3) is 0 Å². The number of rotatable bonds is 3. The van der Waals surface area contributed by atoms with Crippen molar-refractivity contribution < 1.29 is 0 Å². The number of hydrogen-bond acceptors (Lipinski definition) is 1. The third-order valence-corrected chi connectivity index (χ3v) is 3.38. The first-order chi connectivity index (χ1) is 9.83. The van der Waals surface area contributed by atoms with E-state index in [1.807, 2.05) is 18.2 Å². The summed E-state index contributed by atoms with van der Waals surface area (Å²) in [4.78, 5) is 0. The van der Waals surface area contributed by atoms with Crippen molar-refractivity contribution >= 4 is 11.4 Å². The van der Waals surface area contributed by atoms with E-state index in [1.165, 1.54) is 16.7 Å². The minimum absolute atomic E-state index is 1.11. The number of benzene rings is 3. The van der Waals surface area contributed by atoms with Gasteiger partial charge in [0.05, 0.1) is 0 Å². The number of nitrogens with one attached hydrogen (secondary N) is 1. The fourth-order valence-electron chi connectivity index (χ4n) is 2.35. The van der Waals surface area contributed by atoms with Gasteiger partial charge in [-0.15, -0.1) is 0 Å². The maximum absolute atomic E-state index is 3.43. The molecule has 20 heavy (non-hydrogen) atoms. The molecule has 0 saturated heterocycles. The average molecular weight is 259 g/mol. The van der Waals surface area contributed by atoms with E-state index in [0.29, 0.717) is 0 Å². The summed E-state index contributed by atoms with van der Waals surface area (Å²) in [7, 11) is 0. The summed E-state index contributed by atoms with van der Waals surface area (Å²) < 4.78 is 0. The first-order valence-electron chi connectivity index (χ1n) is 6.81. The molecule has 0 aliphatic carbocycles. The zero-order valence-electron chi connectivity index (χ0n) is 11.5. The molecule has 1 N–H and O–H groups in total. The molecule has 0 bridgehead atoms. The lowest BCUT2D eigenvalue weighted by Crippen LogP contribution is -1.90. The van der Waals surface area contributed by atoms with Gasteiger partial charge in [-0.3, -0.25) is 0 Å². The van der Waals surface area contributed by atoms with Gasteiger partial charge in [0, 0.05) is 11.4 Å². The number of para-hydroxylation sites is 1. The highest BCUT2D eigenvalue weighted by Gasteiger charge is 2.02. The Labute approximate surface area is 119 Å². The maximum Gasteiger partial charge on any atom is 0.0390 e. The highest BCUT2D eigenvalue weighted by molar-refractivity contribution is 5.72. The van der Waals surface area contributed by atoms with Crippen LogP contribution in [0.2, 0.25) is 0 Å². The highest BCUT2D eigenvalue weighted by atomic mass is 14.9. The molecule has 0 aromatic heterocycles. The smallest absolute Gasteiger partial charge is 0.0390 e. The third-order valence-electron chi connectivity index (χ3n) is 3.38. The Hall–Kier alpha value is -2.54. The van der Waals surface area contributed by atoms with E-state index < -0.39 is 0 Å². The zero-order valence-corrected chi connectivity index (χ0v) is 11.5. The Morgan fingerprint density at radius 1 is 0.650 bits per heavy atom. The number of aryl methyl sites for hydroxylation is 1. The molecule has 3 aromatic rings. The molecule has 1 nitrogen and oxygen atoms in total. The fourth-order valence-corrected chi connectivity index (χ4v) is 2.35. The summed E-state index contributed by atoms with van der Waals surface area (Å²) in [6, 6.07) is 27.2. The highest BCUT2D eigenvalue weighted by Crippen LogP contribution is 2.26. The average Bonchev–Trinajstić information content (AvgIpc) is 2.49. The lowest BCUT2D eigenvalue weighted by atomic mass is 10.0. The molecule has 3 rings (SSSR count). The Bertz CT molecular complexity index is 702. The second-order valence-electron chi connectivity index (χ2n) is 4.89. The minimum Gasteiger partial charge on any atom is -0.356 e. The van der Waals surface area contributed by atoms with Crippen molar-refractivity contribution in [2.45, 2.75) is 6.92 Å². The fraction of sp³-hybridized carbons (Fsp3) is 0.0526. The predicted octanol–water partition coefficient (Wildman–Crippen LogP) is 5.41. The summed E-state index contributed by atoms with van der Waals surface area (Å²) in [6.07, 6.45) is 0. The molecule has 0 fully saturated rings. The molecule has 0 saturated carbocycles. The summed E-state index contributed by atoms with van der Waals surface area (Å²) in [6.45, 7) is 2.15. The van der Waals surface area contributed by atoms with Crippen LogP contribution >= 0.6 is 0 Å². The van der Waals surface area contributed by atoms with E-state index >= 15 is 0 Å².